The SMILES string of the molecule is COCCCN(CC(=O)N1CCc2sccc2C1c1ccc(Cl)cc1Cl)C(=O)CSc1ccccc1. The molecule has 0 saturated heterocycles. The molecule has 0 aliphatic carbocycles. The number of thioether (sulfide) groups is 1. The molecule has 2 heterocycles. The minimum Gasteiger partial charge on any atom is -0.385 e. The second kappa shape index (κ2) is 13.0. The number of carbonyl (C=O) groups excluding carboxylic acids is 2. The fourth-order valence-electron chi connectivity index (χ4n) is 4.34. The summed E-state index contributed by atoms with van der Waals surface area (Å²) in [5.41, 5.74) is 1.92. The monoisotopic (exact) mass is 562 g/mol. The van der Waals surface area contributed by atoms with Gasteiger partial charge in [-0.25, -0.2) is 0 Å². The number of rotatable bonds is 10. The van der Waals surface area contributed by atoms with Gasteiger partial charge in [-0.05, 0) is 59.7 Å². The number of fused-ring (bicyclic) bond motifs is 1. The molecule has 0 saturated carbocycles. The Hall–Kier alpha value is -2.03. The van der Waals surface area contributed by atoms with Crippen LogP contribution in [0.4, 0.5) is 0 Å². The largest absolute Gasteiger partial charge is 0.385 e. The van der Waals surface area contributed by atoms with Crippen molar-refractivity contribution < 1.29 is 14.3 Å². The molecule has 1 aromatic heterocycles. The van der Waals surface area contributed by atoms with E-state index in [1.54, 1.807) is 35.5 Å². The van der Waals surface area contributed by atoms with Crippen LogP contribution in [0.5, 0.6) is 0 Å². The van der Waals surface area contributed by atoms with E-state index in [0.717, 1.165) is 22.4 Å². The molecule has 190 valence electrons. The molecule has 3 aromatic rings. The van der Waals surface area contributed by atoms with Gasteiger partial charge in [-0.1, -0.05) is 47.5 Å². The predicted molar refractivity (Wildman–Crippen MR) is 148 cm³/mol. The second-order valence-corrected chi connectivity index (χ2v) is 11.4. The quantitative estimate of drug-likeness (QED) is 0.218. The lowest BCUT2D eigenvalue weighted by molar-refractivity contribution is -0.140. The zero-order valence-corrected chi connectivity index (χ0v) is 23.1. The molecule has 5 nitrogen and oxygen atoms in total. The van der Waals surface area contributed by atoms with Crippen LogP contribution in [0, 0.1) is 0 Å². The number of halogens is 2. The molecular formula is C27H28Cl2N2O3S2. The molecule has 4 rings (SSSR count). The van der Waals surface area contributed by atoms with Crippen LogP contribution in [0.1, 0.15) is 28.5 Å². The molecule has 2 amide bonds. The van der Waals surface area contributed by atoms with Gasteiger partial charge in [-0.15, -0.1) is 23.1 Å². The van der Waals surface area contributed by atoms with E-state index in [2.05, 4.69) is 11.4 Å². The molecular weight excluding hydrogens is 535 g/mol. The number of hydrogen-bond acceptors (Lipinski definition) is 5. The lowest BCUT2D eigenvalue weighted by Gasteiger charge is -2.38. The van der Waals surface area contributed by atoms with Crippen molar-refractivity contribution in [1.29, 1.82) is 0 Å². The summed E-state index contributed by atoms with van der Waals surface area (Å²) in [4.78, 5) is 32.7. The van der Waals surface area contributed by atoms with Gasteiger partial charge in [0.05, 0.1) is 18.3 Å². The molecule has 1 unspecified atom stereocenters. The number of benzene rings is 2. The lowest BCUT2D eigenvalue weighted by Crippen LogP contribution is -2.47. The van der Waals surface area contributed by atoms with E-state index in [1.807, 2.05) is 41.3 Å². The van der Waals surface area contributed by atoms with Crippen LogP contribution in [0.25, 0.3) is 0 Å². The van der Waals surface area contributed by atoms with Gasteiger partial charge in [0.1, 0.15) is 0 Å². The number of ether oxygens (including phenoxy) is 1. The van der Waals surface area contributed by atoms with E-state index < -0.39 is 0 Å². The zero-order valence-electron chi connectivity index (χ0n) is 20.0. The Balaban J connectivity index is 1.54. The normalized spacial score (nSPS) is 15.0. The maximum Gasteiger partial charge on any atom is 0.242 e. The molecule has 0 spiro atoms. The van der Waals surface area contributed by atoms with Gasteiger partial charge in [0.15, 0.2) is 0 Å². The van der Waals surface area contributed by atoms with E-state index in [9.17, 15) is 9.59 Å². The fraction of sp³-hybridized carbons (Fsp3) is 0.333. The van der Waals surface area contributed by atoms with E-state index in [1.165, 1.54) is 16.6 Å². The number of carbonyl (C=O) groups is 2. The van der Waals surface area contributed by atoms with Gasteiger partial charge < -0.3 is 14.5 Å². The van der Waals surface area contributed by atoms with Crippen molar-refractivity contribution in [3.8, 4) is 0 Å². The van der Waals surface area contributed by atoms with Crippen molar-refractivity contribution >= 4 is 58.1 Å². The van der Waals surface area contributed by atoms with Crippen LogP contribution >= 0.6 is 46.3 Å². The van der Waals surface area contributed by atoms with Crippen molar-refractivity contribution in [2.24, 2.45) is 0 Å². The molecule has 1 atom stereocenters. The number of amides is 2. The Morgan fingerprint density at radius 3 is 2.69 bits per heavy atom. The smallest absolute Gasteiger partial charge is 0.242 e. The maximum absolute atomic E-state index is 13.7. The molecule has 9 heteroatoms. The molecule has 36 heavy (non-hydrogen) atoms. The molecule has 0 bridgehead atoms. The molecule has 1 aliphatic rings. The van der Waals surface area contributed by atoms with Gasteiger partial charge in [0.25, 0.3) is 0 Å². The Bertz CT molecular complexity index is 1190. The summed E-state index contributed by atoms with van der Waals surface area (Å²) < 4.78 is 5.19. The summed E-state index contributed by atoms with van der Waals surface area (Å²) in [6, 6.07) is 16.9. The highest BCUT2D eigenvalue weighted by Crippen LogP contribution is 2.41. The van der Waals surface area contributed by atoms with E-state index in [-0.39, 0.29) is 30.2 Å². The Kier molecular flexibility index (Phi) is 9.73. The summed E-state index contributed by atoms with van der Waals surface area (Å²) in [5.74, 6) is 0.103. The van der Waals surface area contributed by atoms with E-state index in [4.69, 9.17) is 27.9 Å². The first kappa shape index (κ1) is 27.0. The third-order valence-electron chi connectivity index (χ3n) is 6.10. The van der Waals surface area contributed by atoms with Crippen molar-refractivity contribution in [2.45, 2.75) is 23.8 Å². The Labute approximate surface area is 230 Å². The fourth-order valence-corrected chi connectivity index (χ4v) is 6.58. The average Bonchev–Trinajstić information content (AvgIpc) is 3.36. The molecule has 1 aliphatic heterocycles. The first-order valence-corrected chi connectivity index (χ1v) is 14.3. The van der Waals surface area contributed by atoms with E-state index in [0.29, 0.717) is 36.2 Å². The van der Waals surface area contributed by atoms with Gasteiger partial charge in [0.2, 0.25) is 11.8 Å². The number of nitrogens with zero attached hydrogens (tertiary/aromatic N) is 2. The summed E-state index contributed by atoms with van der Waals surface area (Å²) in [7, 11) is 1.63. The van der Waals surface area contributed by atoms with E-state index >= 15 is 0 Å². The minimum absolute atomic E-state index is 0.0130. The molecule has 2 aromatic carbocycles. The van der Waals surface area contributed by atoms with Gasteiger partial charge in [-0.2, -0.15) is 0 Å². The standard InChI is InChI=1S/C27H28Cl2N2O3S2/c1-34-14-5-12-30(26(33)18-36-20-6-3-2-4-7-20)17-25(32)31-13-10-24-22(11-15-35-24)27(31)21-9-8-19(28)16-23(21)29/h2-4,6-9,11,15-16,27H,5,10,12-14,17-18H2,1H3. The summed E-state index contributed by atoms with van der Waals surface area (Å²) in [6.45, 7) is 1.56. The van der Waals surface area contributed by atoms with Crippen molar-refractivity contribution in [2.75, 3.05) is 39.1 Å². The minimum atomic E-state index is -0.313. The Morgan fingerprint density at radius 1 is 1.14 bits per heavy atom. The van der Waals surface area contributed by atoms with Crippen LogP contribution in [0.3, 0.4) is 0 Å². The highest BCUT2D eigenvalue weighted by Gasteiger charge is 2.35. The molecule has 0 fully saturated rings. The van der Waals surface area contributed by atoms with Gasteiger partial charge in [0, 0.05) is 46.6 Å². The number of thiophene rings is 1. The first-order valence-electron chi connectivity index (χ1n) is 11.7. The topological polar surface area (TPSA) is 49.9 Å². The van der Waals surface area contributed by atoms with Crippen LogP contribution in [-0.2, 0) is 20.7 Å². The highest BCUT2D eigenvalue weighted by molar-refractivity contribution is 8.00. The third-order valence-corrected chi connectivity index (χ3v) is 8.66. The molecule has 0 radical (unpaired) electrons. The summed E-state index contributed by atoms with van der Waals surface area (Å²) in [6.07, 6.45) is 1.44. The van der Waals surface area contributed by atoms with Crippen LogP contribution < -0.4 is 0 Å². The van der Waals surface area contributed by atoms with Crippen molar-refractivity contribution in [3.05, 3.63) is 86.0 Å². The number of hydrogen-bond donors (Lipinski definition) is 0. The number of methoxy groups -OCH3 is 1. The molecule has 0 N–H and O–H groups in total. The maximum atomic E-state index is 13.7. The van der Waals surface area contributed by atoms with Crippen LogP contribution in [0.15, 0.2) is 64.9 Å². The average molecular weight is 564 g/mol. The highest BCUT2D eigenvalue weighted by atomic mass is 35.5. The van der Waals surface area contributed by atoms with Crippen molar-refractivity contribution in [1.82, 2.24) is 9.80 Å². The zero-order chi connectivity index (χ0) is 25.5. The Morgan fingerprint density at radius 2 is 1.94 bits per heavy atom. The third kappa shape index (κ3) is 6.64. The lowest BCUT2D eigenvalue weighted by atomic mass is 9.93. The van der Waals surface area contributed by atoms with Crippen LogP contribution in [0.2, 0.25) is 10.0 Å². The van der Waals surface area contributed by atoms with Gasteiger partial charge >= 0.3 is 0 Å². The first-order chi connectivity index (χ1) is 17.5. The van der Waals surface area contributed by atoms with Crippen LogP contribution in [-0.4, -0.2) is 60.7 Å². The second-order valence-electron chi connectivity index (χ2n) is 8.47. The van der Waals surface area contributed by atoms with Gasteiger partial charge in [-0.3, -0.25) is 9.59 Å². The summed E-state index contributed by atoms with van der Waals surface area (Å²) >= 11 is 15.9. The van der Waals surface area contributed by atoms with Crippen molar-refractivity contribution in [3.63, 3.8) is 0 Å². The summed E-state index contributed by atoms with van der Waals surface area (Å²) in [5, 5.41) is 3.13. The predicted octanol–water partition coefficient (Wildman–Crippen LogP) is 6.19.